The van der Waals surface area contributed by atoms with E-state index in [1.807, 2.05) is 0 Å². The van der Waals surface area contributed by atoms with Crippen molar-refractivity contribution in [2.75, 3.05) is 20.0 Å². The van der Waals surface area contributed by atoms with Gasteiger partial charge in [-0.2, -0.15) is 0 Å². The second-order valence-corrected chi connectivity index (χ2v) is 6.50. The number of hydrogen-bond acceptors (Lipinski definition) is 7. The van der Waals surface area contributed by atoms with Crippen LogP contribution in [-0.4, -0.2) is 27.6 Å². The van der Waals surface area contributed by atoms with Crippen molar-refractivity contribution in [3.63, 3.8) is 0 Å². The number of nitrogen functional groups attached to an aromatic ring is 1. The number of nitrogens with zero attached hydrogens (tertiary/aromatic N) is 1. The predicted octanol–water partition coefficient (Wildman–Crippen LogP) is 1.22. The minimum atomic E-state index is -3.77. The van der Waals surface area contributed by atoms with E-state index >= 15 is 0 Å². The van der Waals surface area contributed by atoms with Gasteiger partial charge in [-0.15, -0.1) is 11.3 Å². The number of rotatable bonds is 6. The molecule has 7 nitrogen and oxygen atoms in total. The van der Waals surface area contributed by atoms with Crippen LogP contribution in [0.15, 0.2) is 27.9 Å². The van der Waals surface area contributed by atoms with E-state index < -0.39 is 10.0 Å². The van der Waals surface area contributed by atoms with Gasteiger partial charge in [0.05, 0.1) is 37.7 Å². The minimum Gasteiger partial charge on any atom is -0.495 e. The monoisotopic (exact) mass is 329 g/mol. The Morgan fingerprint density at radius 1 is 1.29 bits per heavy atom. The summed E-state index contributed by atoms with van der Waals surface area (Å²) in [5.74, 6) is 0.511. The Morgan fingerprint density at radius 2 is 2.00 bits per heavy atom. The van der Waals surface area contributed by atoms with Crippen molar-refractivity contribution in [2.45, 2.75) is 11.4 Å². The maximum atomic E-state index is 12.3. The molecule has 0 aliphatic heterocycles. The summed E-state index contributed by atoms with van der Waals surface area (Å²) in [6.07, 6.45) is 0. The molecule has 9 heteroatoms. The van der Waals surface area contributed by atoms with Gasteiger partial charge in [-0.05, 0) is 6.07 Å². The van der Waals surface area contributed by atoms with E-state index in [9.17, 15) is 8.42 Å². The van der Waals surface area contributed by atoms with E-state index in [0.717, 1.165) is 0 Å². The molecule has 0 amide bonds. The van der Waals surface area contributed by atoms with Crippen molar-refractivity contribution in [2.24, 2.45) is 0 Å². The maximum Gasteiger partial charge on any atom is 0.244 e. The first-order valence-electron chi connectivity index (χ1n) is 5.86. The van der Waals surface area contributed by atoms with Gasteiger partial charge in [-0.1, -0.05) is 0 Å². The fraction of sp³-hybridized carbons (Fsp3) is 0.250. The molecule has 3 N–H and O–H groups in total. The van der Waals surface area contributed by atoms with Crippen molar-refractivity contribution in [3.8, 4) is 11.5 Å². The first-order valence-corrected chi connectivity index (χ1v) is 8.28. The number of anilines is 1. The lowest BCUT2D eigenvalue weighted by molar-refractivity contribution is 0.387. The number of methoxy groups -OCH3 is 2. The second kappa shape index (κ2) is 6.29. The fourth-order valence-electron chi connectivity index (χ4n) is 1.67. The SMILES string of the molecule is COc1cc(OC)c(S(=O)(=O)NCc2cscn2)cc1N. The third-order valence-corrected chi connectivity index (χ3v) is 4.79. The molecule has 0 saturated carbocycles. The summed E-state index contributed by atoms with van der Waals surface area (Å²) in [7, 11) is -0.949. The largest absolute Gasteiger partial charge is 0.495 e. The van der Waals surface area contributed by atoms with Gasteiger partial charge in [-0.3, -0.25) is 0 Å². The van der Waals surface area contributed by atoms with E-state index in [-0.39, 0.29) is 22.9 Å². The Labute approximate surface area is 126 Å². The highest BCUT2D eigenvalue weighted by Crippen LogP contribution is 2.33. The highest BCUT2D eigenvalue weighted by atomic mass is 32.2. The van der Waals surface area contributed by atoms with Crippen LogP contribution in [0.2, 0.25) is 0 Å². The molecule has 0 atom stereocenters. The van der Waals surface area contributed by atoms with Crippen LogP contribution in [0.4, 0.5) is 5.69 Å². The minimum absolute atomic E-state index is 0.0430. The van der Waals surface area contributed by atoms with E-state index in [1.165, 1.54) is 37.7 Å². The maximum absolute atomic E-state index is 12.3. The van der Waals surface area contributed by atoms with Crippen LogP contribution >= 0.6 is 11.3 Å². The molecule has 0 unspecified atom stereocenters. The topological polar surface area (TPSA) is 104 Å². The van der Waals surface area contributed by atoms with Gasteiger partial charge in [0.1, 0.15) is 16.4 Å². The highest BCUT2D eigenvalue weighted by Gasteiger charge is 2.22. The van der Waals surface area contributed by atoms with Crippen molar-refractivity contribution >= 4 is 27.0 Å². The molecule has 1 aromatic heterocycles. The van der Waals surface area contributed by atoms with Gasteiger partial charge in [0, 0.05) is 11.4 Å². The zero-order valence-electron chi connectivity index (χ0n) is 11.5. The fourth-order valence-corrected chi connectivity index (χ4v) is 3.42. The third-order valence-electron chi connectivity index (χ3n) is 2.73. The lowest BCUT2D eigenvalue weighted by atomic mass is 10.3. The van der Waals surface area contributed by atoms with Crippen LogP contribution in [-0.2, 0) is 16.6 Å². The first-order chi connectivity index (χ1) is 9.97. The van der Waals surface area contributed by atoms with Crippen LogP contribution in [0.1, 0.15) is 5.69 Å². The molecule has 1 aromatic carbocycles. The molecule has 114 valence electrons. The summed E-state index contributed by atoms with van der Waals surface area (Å²) < 4.78 is 37.3. The van der Waals surface area contributed by atoms with Gasteiger partial charge in [0.2, 0.25) is 10.0 Å². The van der Waals surface area contributed by atoms with Crippen LogP contribution < -0.4 is 19.9 Å². The van der Waals surface area contributed by atoms with Crippen molar-refractivity contribution < 1.29 is 17.9 Å². The second-order valence-electron chi connectivity index (χ2n) is 4.05. The molecule has 0 bridgehead atoms. The van der Waals surface area contributed by atoms with Gasteiger partial charge >= 0.3 is 0 Å². The molecule has 0 fully saturated rings. The molecule has 0 saturated heterocycles. The van der Waals surface area contributed by atoms with Crippen LogP contribution in [0.25, 0.3) is 0 Å². The van der Waals surface area contributed by atoms with Crippen molar-refractivity contribution in [3.05, 3.63) is 28.7 Å². The molecular weight excluding hydrogens is 314 g/mol. The van der Waals surface area contributed by atoms with Gasteiger partial charge in [0.25, 0.3) is 0 Å². The number of nitrogens with two attached hydrogens (primary N) is 1. The molecule has 0 aliphatic rings. The van der Waals surface area contributed by atoms with Gasteiger partial charge < -0.3 is 15.2 Å². The van der Waals surface area contributed by atoms with Gasteiger partial charge in [0.15, 0.2) is 0 Å². The number of ether oxygens (including phenoxy) is 2. The Bertz CT molecular complexity index is 714. The Balaban J connectivity index is 2.32. The molecular formula is C12H15N3O4S2. The Hall–Kier alpha value is -1.84. The number of thiazole rings is 1. The van der Waals surface area contributed by atoms with Crippen LogP contribution in [0.5, 0.6) is 11.5 Å². The number of benzene rings is 1. The van der Waals surface area contributed by atoms with Gasteiger partial charge in [-0.25, -0.2) is 18.1 Å². The van der Waals surface area contributed by atoms with E-state index in [1.54, 1.807) is 10.9 Å². The zero-order valence-corrected chi connectivity index (χ0v) is 13.1. The summed E-state index contributed by atoms with van der Waals surface area (Å²) in [6, 6.07) is 2.74. The first kappa shape index (κ1) is 15.5. The van der Waals surface area contributed by atoms with E-state index in [2.05, 4.69) is 9.71 Å². The standard InChI is InChI=1S/C12H15N3O4S2/c1-18-10-4-11(19-2)12(3-9(10)13)21(16,17)15-5-8-6-20-7-14-8/h3-4,6-7,15H,5,13H2,1-2H3. The number of sulfonamides is 1. The lowest BCUT2D eigenvalue weighted by Gasteiger charge is -2.13. The molecule has 0 spiro atoms. The molecule has 2 rings (SSSR count). The Morgan fingerprint density at radius 3 is 2.57 bits per heavy atom. The van der Waals surface area contributed by atoms with E-state index in [4.69, 9.17) is 15.2 Å². The molecule has 0 aliphatic carbocycles. The average Bonchev–Trinajstić information content (AvgIpc) is 2.98. The van der Waals surface area contributed by atoms with E-state index in [0.29, 0.717) is 11.4 Å². The van der Waals surface area contributed by atoms with Crippen molar-refractivity contribution in [1.29, 1.82) is 0 Å². The summed E-state index contributed by atoms with van der Waals surface area (Å²) in [5, 5.41) is 1.77. The van der Waals surface area contributed by atoms with Crippen molar-refractivity contribution in [1.82, 2.24) is 9.71 Å². The highest BCUT2D eigenvalue weighted by molar-refractivity contribution is 7.89. The molecule has 0 radical (unpaired) electrons. The summed E-state index contributed by atoms with van der Waals surface area (Å²) >= 11 is 1.39. The Kier molecular flexibility index (Phi) is 4.66. The number of aromatic nitrogens is 1. The zero-order chi connectivity index (χ0) is 15.5. The molecule has 1 heterocycles. The van der Waals surface area contributed by atoms with Crippen LogP contribution in [0.3, 0.4) is 0 Å². The third kappa shape index (κ3) is 3.43. The van der Waals surface area contributed by atoms with Crippen LogP contribution in [0, 0.1) is 0 Å². The molecule has 21 heavy (non-hydrogen) atoms. The normalized spacial score (nSPS) is 11.3. The summed E-state index contributed by atoms with van der Waals surface area (Å²) in [5.41, 5.74) is 8.25. The number of nitrogens with one attached hydrogen (secondary N) is 1. The summed E-state index contributed by atoms with van der Waals surface area (Å²) in [4.78, 5) is 3.97. The number of hydrogen-bond donors (Lipinski definition) is 2. The smallest absolute Gasteiger partial charge is 0.244 e. The quantitative estimate of drug-likeness (QED) is 0.772. The summed E-state index contributed by atoms with van der Waals surface area (Å²) in [6.45, 7) is 0.0981. The molecule has 2 aromatic rings. The average molecular weight is 329 g/mol. The lowest BCUT2D eigenvalue weighted by Crippen LogP contribution is -2.24. The predicted molar refractivity (Wildman–Crippen MR) is 80.1 cm³/mol.